The Balaban J connectivity index is 1.68. The van der Waals surface area contributed by atoms with Crippen LogP contribution >= 0.6 is 0 Å². The minimum absolute atomic E-state index is 0.0783. The number of rotatable bonds is 10. The van der Waals surface area contributed by atoms with Crippen LogP contribution in [-0.4, -0.2) is 46.9 Å². The number of hydrogen-bond acceptors (Lipinski definition) is 5. The third-order valence-electron chi connectivity index (χ3n) is 6.83. The predicted molar refractivity (Wildman–Crippen MR) is 128 cm³/mol. The van der Waals surface area contributed by atoms with E-state index < -0.39 is 5.41 Å². The summed E-state index contributed by atoms with van der Waals surface area (Å²) in [7, 11) is 4.93. The lowest BCUT2D eigenvalue weighted by atomic mass is 9.74. The summed E-state index contributed by atoms with van der Waals surface area (Å²) in [6.45, 7) is 6.72. The highest BCUT2D eigenvalue weighted by Gasteiger charge is 2.38. The number of nitrogens with zero attached hydrogens (tertiary/aromatic N) is 1. The van der Waals surface area contributed by atoms with Crippen molar-refractivity contribution < 1.29 is 19.0 Å². The average molecular weight is 441 g/mol. The number of amides is 1. The zero-order valence-corrected chi connectivity index (χ0v) is 19.9. The van der Waals surface area contributed by atoms with Crippen LogP contribution in [0.4, 0.5) is 5.69 Å². The summed E-state index contributed by atoms with van der Waals surface area (Å²) in [4.78, 5) is 15.8. The molecule has 1 aliphatic rings. The molecule has 1 amide bonds. The minimum Gasteiger partial charge on any atom is -0.497 e. The summed E-state index contributed by atoms with van der Waals surface area (Å²) in [6, 6.07) is 13.9. The molecule has 6 heteroatoms. The van der Waals surface area contributed by atoms with Gasteiger partial charge < -0.3 is 24.4 Å². The predicted octanol–water partition coefficient (Wildman–Crippen LogP) is 4.41. The number of hydrogen-bond donors (Lipinski definition) is 1. The summed E-state index contributed by atoms with van der Waals surface area (Å²) in [5.41, 5.74) is 1.53. The van der Waals surface area contributed by atoms with Crippen LogP contribution in [0.25, 0.3) is 0 Å². The molecule has 0 radical (unpaired) electrons. The molecule has 6 nitrogen and oxygen atoms in total. The van der Waals surface area contributed by atoms with E-state index in [0.29, 0.717) is 36.8 Å². The standard InChI is InChI=1S/C26H36N2O4/c1-6-26(7-2,20-11-12-23(31-4)24(15-20)32-5)25(29)27-17-19-13-14-28(18-19)21-9-8-10-22(16-21)30-3/h8-12,15-16,19H,6-7,13-14,17-18H2,1-5H3,(H,27,29)/t19-/m1/s1. The molecule has 1 saturated heterocycles. The topological polar surface area (TPSA) is 60.0 Å². The summed E-state index contributed by atoms with van der Waals surface area (Å²) in [5, 5.41) is 3.26. The molecule has 1 aliphatic heterocycles. The Morgan fingerprint density at radius 3 is 2.44 bits per heavy atom. The molecule has 0 aliphatic carbocycles. The lowest BCUT2D eigenvalue weighted by Crippen LogP contribution is -2.45. The van der Waals surface area contributed by atoms with Gasteiger partial charge in [-0.25, -0.2) is 0 Å². The molecule has 3 rings (SSSR count). The van der Waals surface area contributed by atoms with Gasteiger partial charge in [-0.1, -0.05) is 26.0 Å². The first kappa shape index (κ1) is 23.8. The van der Waals surface area contributed by atoms with E-state index in [0.717, 1.165) is 30.8 Å². The Kier molecular flexibility index (Phi) is 7.89. The van der Waals surface area contributed by atoms with Crippen LogP contribution in [-0.2, 0) is 10.2 Å². The van der Waals surface area contributed by atoms with E-state index in [-0.39, 0.29) is 5.91 Å². The third-order valence-corrected chi connectivity index (χ3v) is 6.83. The first-order chi connectivity index (χ1) is 15.5. The zero-order chi connectivity index (χ0) is 23.1. The number of methoxy groups -OCH3 is 3. The summed E-state index contributed by atoms with van der Waals surface area (Å²) >= 11 is 0. The molecule has 2 aromatic carbocycles. The van der Waals surface area contributed by atoms with Gasteiger partial charge in [-0.05, 0) is 55.0 Å². The number of carbonyl (C=O) groups excluding carboxylic acids is 1. The van der Waals surface area contributed by atoms with Gasteiger partial charge in [0.05, 0.1) is 26.7 Å². The second-order valence-corrected chi connectivity index (χ2v) is 8.37. The molecule has 32 heavy (non-hydrogen) atoms. The molecule has 2 aromatic rings. The second-order valence-electron chi connectivity index (χ2n) is 8.37. The lowest BCUT2D eigenvalue weighted by molar-refractivity contribution is -0.127. The van der Waals surface area contributed by atoms with Gasteiger partial charge in [-0.3, -0.25) is 4.79 Å². The van der Waals surface area contributed by atoms with Crippen molar-refractivity contribution in [2.45, 2.75) is 38.5 Å². The highest BCUT2D eigenvalue weighted by molar-refractivity contribution is 5.88. The van der Waals surface area contributed by atoms with Crippen molar-refractivity contribution in [3.05, 3.63) is 48.0 Å². The van der Waals surface area contributed by atoms with E-state index in [1.165, 1.54) is 5.69 Å². The van der Waals surface area contributed by atoms with Gasteiger partial charge in [0.25, 0.3) is 0 Å². The molecule has 1 N–H and O–H groups in total. The first-order valence-corrected chi connectivity index (χ1v) is 11.4. The minimum atomic E-state index is -0.593. The zero-order valence-electron chi connectivity index (χ0n) is 19.9. The van der Waals surface area contributed by atoms with Crippen LogP contribution in [0, 0.1) is 5.92 Å². The Hall–Kier alpha value is -2.89. The molecule has 1 atom stereocenters. The summed E-state index contributed by atoms with van der Waals surface area (Å²) in [5.74, 6) is 2.68. The van der Waals surface area contributed by atoms with Gasteiger partial charge in [0, 0.05) is 31.4 Å². The van der Waals surface area contributed by atoms with Gasteiger partial charge in [-0.15, -0.1) is 0 Å². The van der Waals surface area contributed by atoms with Gasteiger partial charge in [0.1, 0.15) is 5.75 Å². The molecular weight excluding hydrogens is 404 g/mol. The smallest absolute Gasteiger partial charge is 0.230 e. The molecule has 174 valence electrons. The maximum atomic E-state index is 13.5. The van der Waals surface area contributed by atoms with Crippen LogP contribution in [0.3, 0.4) is 0 Å². The van der Waals surface area contributed by atoms with Gasteiger partial charge >= 0.3 is 0 Å². The fourth-order valence-corrected chi connectivity index (χ4v) is 4.69. The number of anilines is 1. The van der Waals surface area contributed by atoms with Crippen molar-refractivity contribution in [3.8, 4) is 17.2 Å². The van der Waals surface area contributed by atoms with Crippen LogP contribution in [0.15, 0.2) is 42.5 Å². The highest BCUT2D eigenvalue weighted by Crippen LogP contribution is 2.37. The quantitative estimate of drug-likeness (QED) is 0.593. The van der Waals surface area contributed by atoms with Crippen molar-refractivity contribution in [3.63, 3.8) is 0 Å². The van der Waals surface area contributed by atoms with E-state index in [1.807, 2.05) is 30.3 Å². The van der Waals surface area contributed by atoms with Crippen LogP contribution < -0.4 is 24.4 Å². The van der Waals surface area contributed by atoms with Crippen molar-refractivity contribution in [1.82, 2.24) is 5.32 Å². The fraction of sp³-hybridized carbons (Fsp3) is 0.500. The molecule has 0 saturated carbocycles. The van der Waals surface area contributed by atoms with Crippen LogP contribution in [0.5, 0.6) is 17.2 Å². The van der Waals surface area contributed by atoms with Crippen LogP contribution in [0.1, 0.15) is 38.7 Å². The third kappa shape index (κ3) is 4.79. The van der Waals surface area contributed by atoms with Gasteiger partial charge in [0.15, 0.2) is 11.5 Å². The normalized spacial score (nSPS) is 16.0. The molecule has 1 heterocycles. The molecule has 1 fully saturated rings. The SMILES string of the molecule is CCC(CC)(C(=O)NC[C@H]1CCN(c2cccc(OC)c2)C1)c1ccc(OC)c(OC)c1. The van der Waals surface area contributed by atoms with Crippen molar-refractivity contribution in [2.24, 2.45) is 5.92 Å². The summed E-state index contributed by atoms with van der Waals surface area (Å²) < 4.78 is 16.2. The van der Waals surface area contributed by atoms with E-state index in [2.05, 4.69) is 36.2 Å². The fourth-order valence-electron chi connectivity index (χ4n) is 4.69. The average Bonchev–Trinajstić information content (AvgIpc) is 3.33. The Labute approximate surface area is 191 Å². The molecule has 0 unspecified atom stereocenters. The maximum Gasteiger partial charge on any atom is 0.230 e. The van der Waals surface area contributed by atoms with Crippen molar-refractivity contribution in [2.75, 3.05) is 45.9 Å². The largest absolute Gasteiger partial charge is 0.497 e. The monoisotopic (exact) mass is 440 g/mol. The Morgan fingerprint density at radius 2 is 1.78 bits per heavy atom. The van der Waals surface area contributed by atoms with Crippen LogP contribution in [0.2, 0.25) is 0 Å². The first-order valence-electron chi connectivity index (χ1n) is 11.4. The molecular formula is C26H36N2O4. The van der Waals surface area contributed by atoms with E-state index in [1.54, 1.807) is 21.3 Å². The maximum absolute atomic E-state index is 13.5. The van der Waals surface area contributed by atoms with E-state index in [4.69, 9.17) is 14.2 Å². The van der Waals surface area contributed by atoms with E-state index >= 15 is 0 Å². The number of nitrogens with one attached hydrogen (secondary N) is 1. The Bertz CT molecular complexity index is 910. The lowest BCUT2D eigenvalue weighted by Gasteiger charge is -2.32. The van der Waals surface area contributed by atoms with Gasteiger partial charge in [-0.2, -0.15) is 0 Å². The Morgan fingerprint density at radius 1 is 1.03 bits per heavy atom. The number of carbonyl (C=O) groups is 1. The van der Waals surface area contributed by atoms with Crippen molar-refractivity contribution in [1.29, 1.82) is 0 Å². The van der Waals surface area contributed by atoms with E-state index in [9.17, 15) is 4.79 Å². The van der Waals surface area contributed by atoms with Gasteiger partial charge in [0.2, 0.25) is 5.91 Å². The second kappa shape index (κ2) is 10.6. The number of benzene rings is 2. The molecule has 0 aromatic heterocycles. The molecule has 0 spiro atoms. The highest BCUT2D eigenvalue weighted by atomic mass is 16.5. The number of ether oxygens (including phenoxy) is 3. The summed E-state index contributed by atoms with van der Waals surface area (Å²) in [6.07, 6.45) is 2.48. The van der Waals surface area contributed by atoms with Crippen molar-refractivity contribution >= 4 is 11.6 Å². The molecule has 0 bridgehead atoms.